The number of aliphatic hydroxyl groups is 1. The number of fused-ring (bicyclic) bond motifs is 1. The van der Waals surface area contributed by atoms with Crippen LogP contribution in [0.5, 0.6) is 0 Å². The van der Waals surface area contributed by atoms with E-state index in [1.54, 1.807) is 0 Å². The molecular weight excluding hydrogens is 434 g/mol. The van der Waals surface area contributed by atoms with E-state index in [0.717, 1.165) is 36.8 Å². The number of ether oxygens (including phenoxy) is 2. The molecule has 1 aliphatic carbocycles. The number of amides is 1. The average Bonchev–Trinajstić information content (AvgIpc) is 3.23. The number of carbonyl (C=O) groups excluding carboxylic acids is 2. The molecule has 0 radical (unpaired) electrons. The van der Waals surface area contributed by atoms with Crippen molar-refractivity contribution in [3.05, 3.63) is 29.3 Å². The van der Waals surface area contributed by atoms with E-state index in [2.05, 4.69) is 5.32 Å². The van der Waals surface area contributed by atoms with Crippen LogP contribution in [-0.4, -0.2) is 52.1 Å². The largest absolute Gasteiger partial charge is 0.461 e. The van der Waals surface area contributed by atoms with Crippen molar-refractivity contribution in [2.24, 2.45) is 5.92 Å². The van der Waals surface area contributed by atoms with Gasteiger partial charge in [0.15, 0.2) is 0 Å². The van der Waals surface area contributed by atoms with Crippen molar-refractivity contribution in [1.29, 1.82) is 0 Å². The predicted octanol–water partition coefficient (Wildman–Crippen LogP) is 3.74. The molecule has 2 aliphatic rings. The van der Waals surface area contributed by atoms with Crippen LogP contribution in [0.15, 0.2) is 18.2 Å². The molecule has 0 saturated heterocycles. The summed E-state index contributed by atoms with van der Waals surface area (Å²) in [6.45, 7) is 9.74. The lowest BCUT2D eigenvalue weighted by Gasteiger charge is -2.41. The van der Waals surface area contributed by atoms with E-state index < -0.39 is 30.0 Å². The van der Waals surface area contributed by atoms with Crippen molar-refractivity contribution in [2.45, 2.75) is 110 Å². The van der Waals surface area contributed by atoms with E-state index in [1.165, 1.54) is 4.90 Å². The third kappa shape index (κ3) is 7.09. The SMILES string of the molecule is CC(C)C[C@H](N[C@H](O)C1Cc2ccc(N)cc2CN1C(=O)OC(C)(C)C)C(=O)OC1CCCC1. The first kappa shape index (κ1) is 26.3. The molecule has 1 fully saturated rings. The van der Waals surface area contributed by atoms with Gasteiger partial charge in [0.2, 0.25) is 0 Å². The number of hydrogen-bond acceptors (Lipinski definition) is 7. The summed E-state index contributed by atoms with van der Waals surface area (Å²) in [5, 5.41) is 14.4. The molecule has 8 nitrogen and oxygen atoms in total. The molecule has 1 unspecified atom stereocenters. The minimum atomic E-state index is -1.14. The number of rotatable bonds is 7. The summed E-state index contributed by atoms with van der Waals surface area (Å²) in [6, 6.07) is 4.32. The summed E-state index contributed by atoms with van der Waals surface area (Å²) in [7, 11) is 0. The first-order chi connectivity index (χ1) is 15.9. The summed E-state index contributed by atoms with van der Waals surface area (Å²) in [5.41, 5.74) is 7.84. The topological polar surface area (TPSA) is 114 Å². The molecule has 4 N–H and O–H groups in total. The van der Waals surface area contributed by atoms with Crippen molar-refractivity contribution in [2.75, 3.05) is 5.73 Å². The zero-order valence-corrected chi connectivity index (χ0v) is 21.2. The van der Waals surface area contributed by atoms with E-state index >= 15 is 0 Å². The highest BCUT2D eigenvalue weighted by molar-refractivity contribution is 5.76. The summed E-state index contributed by atoms with van der Waals surface area (Å²) < 4.78 is 11.4. The second-order valence-corrected chi connectivity index (χ2v) is 11.0. The van der Waals surface area contributed by atoms with Gasteiger partial charge in [-0.3, -0.25) is 15.0 Å². The molecule has 34 heavy (non-hydrogen) atoms. The molecule has 1 aromatic carbocycles. The zero-order valence-electron chi connectivity index (χ0n) is 21.2. The van der Waals surface area contributed by atoms with Gasteiger partial charge in [0.25, 0.3) is 0 Å². The third-order valence-electron chi connectivity index (χ3n) is 6.34. The predicted molar refractivity (Wildman–Crippen MR) is 131 cm³/mol. The number of nitrogen functional groups attached to an aromatic ring is 1. The smallest absolute Gasteiger partial charge is 0.410 e. The maximum Gasteiger partial charge on any atom is 0.410 e. The van der Waals surface area contributed by atoms with Crippen molar-refractivity contribution in [1.82, 2.24) is 10.2 Å². The van der Waals surface area contributed by atoms with Crippen molar-refractivity contribution >= 4 is 17.7 Å². The number of anilines is 1. The fraction of sp³-hybridized carbons (Fsp3) is 0.692. The highest BCUT2D eigenvalue weighted by Gasteiger charge is 2.39. The molecule has 0 aromatic heterocycles. The zero-order chi connectivity index (χ0) is 25.0. The van der Waals surface area contributed by atoms with Gasteiger partial charge in [0.05, 0.1) is 6.04 Å². The highest BCUT2D eigenvalue weighted by atomic mass is 16.6. The summed E-state index contributed by atoms with van der Waals surface area (Å²) in [5.74, 6) is -0.120. The molecule has 3 rings (SSSR count). The Morgan fingerprint density at radius 1 is 1.21 bits per heavy atom. The molecule has 190 valence electrons. The van der Waals surface area contributed by atoms with Crippen LogP contribution >= 0.6 is 0 Å². The summed E-state index contributed by atoms with van der Waals surface area (Å²) in [4.78, 5) is 27.6. The van der Waals surface area contributed by atoms with Gasteiger partial charge in [-0.25, -0.2) is 4.79 Å². The number of nitrogens with two attached hydrogens (primary N) is 1. The van der Waals surface area contributed by atoms with Crippen molar-refractivity contribution < 1.29 is 24.2 Å². The van der Waals surface area contributed by atoms with Gasteiger partial charge in [-0.2, -0.15) is 0 Å². The lowest BCUT2D eigenvalue weighted by molar-refractivity contribution is -0.153. The van der Waals surface area contributed by atoms with Gasteiger partial charge in [-0.15, -0.1) is 0 Å². The Kier molecular flexibility index (Phi) is 8.47. The molecule has 3 atom stereocenters. The standard InChI is InChI=1S/C26H41N3O5/c1-16(2)12-21(24(31)33-20-8-6-7-9-20)28-23(30)22-14-17-10-11-19(27)13-18(17)15-29(22)25(32)34-26(3,4)5/h10-11,13,16,20-23,28,30H,6-9,12,14-15,27H2,1-5H3/t21-,22?,23+/m0/s1. The van der Waals surface area contributed by atoms with Gasteiger partial charge < -0.3 is 20.3 Å². The molecule has 1 heterocycles. The van der Waals surface area contributed by atoms with Gasteiger partial charge in [-0.1, -0.05) is 19.9 Å². The Bertz CT molecular complexity index is 860. The molecule has 1 aliphatic heterocycles. The van der Waals surface area contributed by atoms with Gasteiger partial charge in [0.1, 0.15) is 24.0 Å². The van der Waals surface area contributed by atoms with Crippen LogP contribution in [0.3, 0.4) is 0 Å². The van der Waals surface area contributed by atoms with E-state index in [4.69, 9.17) is 15.2 Å². The Hall–Kier alpha value is -2.32. The molecule has 1 aromatic rings. The monoisotopic (exact) mass is 475 g/mol. The molecule has 8 heteroatoms. The Labute approximate surface area is 203 Å². The number of aliphatic hydroxyl groups excluding tert-OH is 1. The van der Waals surface area contributed by atoms with Gasteiger partial charge >= 0.3 is 12.1 Å². The number of hydrogen-bond donors (Lipinski definition) is 3. The normalized spacial score (nSPS) is 20.7. The lowest BCUT2D eigenvalue weighted by Crippen LogP contribution is -2.59. The minimum absolute atomic E-state index is 0.0496. The molecular formula is C26H41N3O5. The lowest BCUT2D eigenvalue weighted by atomic mass is 9.92. The molecule has 1 saturated carbocycles. The number of nitrogens with one attached hydrogen (secondary N) is 1. The number of esters is 1. The molecule has 0 bridgehead atoms. The Balaban J connectivity index is 1.80. The fourth-order valence-electron chi connectivity index (χ4n) is 4.70. The highest BCUT2D eigenvalue weighted by Crippen LogP contribution is 2.29. The first-order valence-corrected chi connectivity index (χ1v) is 12.4. The van der Waals surface area contributed by atoms with Crippen LogP contribution in [0, 0.1) is 5.92 Å². The van der Waals surface area contributed by atoms with E-state index in [9.17, 15) is 14.7 Å². The maximum absolute atomic E-state index is 13.1. The number of carbonyl (C=O) groups is 2. The van der Waals surface area contributed by atoms with Crippen LogP contribution in [0.4, 0.5) is 10.5 Å². The fourth-order valence-corrected chi connectivity index (χ4v) is 4.70. The van der Waals surface area contributed by atoms with Gasteiger partial charge in [-0.05, 0) is 88.5 Å². The Morgan fingerprint density at radius 2 is 1.88 bits per heavy atom. The van der Waals surface area contributed by atoms with Crippen molar-refractivity contribution in [3.8, 4) is 0 Å². The summed E-state index contributed by atoms with van der Waals surface area (Å²) >= 11 is 0. The van der Waals surface area contributed by atoms with Crippen LogP contribution in [0.1, 0.15) is 77.8 Å². The molecule has 0 spiro atoms. The second-order valence-electron chi connectivity index (χ2n) is 11.0. The average molecular weight is 476 g/mol. The van der Waals surface area contributed by atoms with Crippen LogP contribution in [0.25, 0.3) is 0 Å². The summed E-state index contributed by atoms with van der Waals surface area (Å²) in [6.07, 6.45) is 3.14. The van der Waals surface area contributed by atoms with Crippen LogP contribution < -0.4 is 11.1 Å². The van der Waals surface area contributed by atoms with E-state index in [-0.39, 0.29) is 24.5 Å². The number of benzene rings is 1. The molecule has 1 amide bonds. The van der Waals surface area contributed by atoms with E-state index in [1.807, 2.05) is 52.8 Å². The van der Waals surface area contributed by atoms with Crippen molar-refractivity contribution in [3.63, 3.8) is 0 Å². The first-order valence-electron chi connectivity index (χ1n) is 12.4. The van der Waals surface area contributed by atoms with Gasteiger partial charge in [0, 0.05) is 12.2 Å². The quantitative estimate of drug-likeness (QED) is 0.313. The minimum Gasteiger partial charge on any atom is -0.461 e. The third-order valence-corrected chi connectivity index (χ3v) is 6.34. The Morgan fingerprint density at radius 3 is 2.50 bits per heavy atom. The second kappa shape index (κ2) is 11.0. The van der Waals surface area contributed by atoms with Crippen LogP contribution in [-0.2, 0) is 27.2 Å². The number of nitrogens with zero attached hydrogens (tertiary/aromatic N) is 1. The van der Waals surface area contributed by atoms with E-state index in [0.29, 0.717) is 18.5 Å². The maximum atomic E-state index is 13.1. The van der Waals surface area contributed by atoms with Crippen LogP contribution in [0.2, 0.25) is 0 Å².